The number of phenolic OH excluding ortho intramolecular Hbond substituents is 2. The van der Waals surface area contributed by atoms with Crippen LogP contribution in [0.1, 0.15) is 75.8 Å². The Balaban J connectivity index is 1.65. The molecule has 0 amide bonds. The van der Waals surface area contributed by atoms with E-state index in [9.17, 15) is 29.7 Å². The number of ketones is 3. The van der Waals surface area contributed by atoms with Gasteiger partial charge in [0.1, 0.15) is 23.0 Å². The molecule has 0 radical (unpaired) electrons. The van der Waals surface area contributed by atoms with Crippen LogP contribution in [0.4, 0.5) is 0 Å². The van der Waals surface area contributed by atoms with E-state index in [-0.39, 0.29) is 64.2 Å². The summed E-state index contributed by atoms with van der Waals surface area (Å²) in [5.41, 5.74) is 5.75. The van der Waals surface area contributed by atoms with Gasteiger partial charge in [0, 0.05) is 35.1 Å². The van der Waals surface area contributed by atoms with Crippen LogP contribution >= 0.6 is 0 Å². The highest BCUT2D eigenvalue weighted by Gasteiger charge is 2.44. The van der Waals surface area contributed by atoms with Crippen molar-refractivity contribution in [2.75, 3.05) is 7.11 Å². The number of hydrogen-bond acceptors (Lipinski definition) is 10. The summed E-state index contributed by atoms with van der Waals surface area (Å²) in [4.78, 5) is 39.5. The largest absolute Gasteiger partial charge is 0.507 e. The first-order valence-electron chi connectivity index (χ1n) is 12.2. The van der Waals surface area contributed by atoms with E-state index in [4.69, 9.17) is 19.9 Å². The minimum atomic E-state index is -0.949. The van der Waals surface area contributed by atoms with Crippen molar-refractivity contribution in [3.8, 4) is 17.2 Å². The third kappa shape index (κ3) is 3.91. The zero-order valence-electron chi connectivity index (χ0n) is 20.7. The van der Waals surface area contributed by atoms with Gasteiger partial charge in [-0.1, -0.05) is 12.1 Å². The maximum atomic E-state index is 13.6. The second-order valence-electron chi connectivity index (χ2n) is 9.91. The number of Topliss-reactive ketones (excluding diaryl/α,β-unsaturated/α-hetero) is 1. The molecule has 10 heteroatoms. The lowest BCUT2D eigenvalue weighted by molar-refractivity contribution is -0.243. The van der Waals surface area contributed by atoms with Gasteiger partial charge in [-0.15, -0.1) is 0 Å². The van der Waals surface area contributed by atoms with Crippen LogP contribution in [0.2, 0.25) is 0 Å². The fraction of sp³-hybridized carbons (Fsp3) is 0.444. The number of aliphatic hydroxyl groups excluding tert-OH is 1. The van der Waals surface area contributed by atoms with Crippen LogP contribution in [0.3, 0.4) is 0 Å². The van der Waals surface area contributed by atoms with Gasteiger partial charge in [-0.2, -0.15) is 0 Å². The van der Waals surface area contributed by atoms with Crippen molar-refractivity contribution in [3.63, 3.8) is 0 Å². The van der Waals surface area contributed by atoms with Crippen molar-refractivity contribution in [1.82, 2.24) is 0 Å². The Morgan fingerprint density at radius 1 is 1.08 bits per heavy atom. The number of nitrogens with two attached hydrogens (primary N) is 1. The highest BCUT2D eigenvalue weighted by Crippen LogP contribution is 2.51. The summed E-state index contributed by atoms with van der Waals surface area (Å²) in [6, 6.07) is 3.94. The van der Waals surface area contributed by atoms with Crippen LogP contribution in [0.25, 0.3) is 0 Å². The number of aromatic hydroxyl groups is 2. The first kappa shape index (κ1) is 25.3. The topological polar surface area (TPSA) is 166 Å². The van der Waals surface area contributed by atoms with E-state index in [2.05, 4.69) is 0 Å². The molecule has 0 aromatic heterocycles. The molecular formula is C27H29NO9. The van der Waals surface area contributed by atoms with Crippen LogP contribution in [0.15, 0.2) is 18.2 Å². The van der Waals surface area contributed by atoms with Gasteiger partial charge in [-0.05, 0) is 32.8 Å². The molecule has 196 valence electrons. The molecule has 37 heavy (non-hydrogen) atoms. The molecule has 5 N–H and O–H groups in total. The van der Waals surface area contributed by atoms with Gasteiger partial charge in [0.15, 0.2) is 12.1 Å². The highest BCUT2D eigenvalue weighted by molar-refractivity contribution is 6.31. The molecule has 1 saturated heterocycles. The van der Waals surface area contributed by atoms with Gasteiger partial charge < -0.3 is 35.3 Å². The fourth-order valence-corrected chi connectivity index (χ4v) is 5.67. The Kier molecular flexibility index (Phi) is 6.31. The molecule has 1 heterocycles. The molecular weight excluding hydrogens is 482 g/mol. The fourth-order valence-electron chi connectivity index (χ4n) is 5.67. The zero-order valence-corrected chi connectivity index (χ0v) is 20.7. The number of ether oxygens (including phenoxy) is 3. The van der Waals surface area contributed by atoms with E-state index in [0.29, 0.717) is 0 Å². The summed E-state index contributed by atoms with van der Waals surface area (Å²) < 4.78 is 17.2. The standard InChI is InChI=1S/C27H29NO9/c1-10(29)12-7-14-20(17(8-12)37-18-9-15(28)23(30)11(2)36-18)27(34)22-21(25(14)32)24(31)13-5-4-6-16(35-3)19(13)26(22)33/h4-6,11-12,15,17-18,23,30,32,34H,7-9,28H2,1-3H3. The summed E-state index contributed by atoms with van der Waals surface area (Å²) in [7, 11) is 1.37. The van der Waals surface area contributed by atoms with E-state index in [1.165, 1.54) is 26.2 Å². The van der Waals surface area contributed by atoms with Crippen molar-refractivity contribution >= 4 is 17.3 Å². The predicted molar refractivity (Wildman–Crippen MR) is 129 cm³/mol. The molecule has 2 aromatic carbocycles. The first-order chi connectivity index (χ1) is 17.5. The van der Waals surface area contributed by atoms with E-state index in [1.54, 1.807) is 13.0 Å². The molecule has 10 nitrogen and oxygen atoms in total. The van der Waals surface area contributed by atoms with Gasteiger partial charge >= 0.3 is 0 Å². The number of carbonyl (C=O) groups is 3. The minimum Gasteiger partial charge on any atom is -0.507 e. The Bertz CT molecular complexity index is 1310. The Morgan fingerprint density at radius 2 is 1.78 bits per heavy atom. The number of aliphatic hydroxyl groups is 1. The van der Waals surface area contributed by atoms with Crippen LogP contribution in [0.5, 0.6) is 17.2 Å². The number of benzene rings is 2. The molecule has 2 aliphatic carbocycles. The molecule has 2 aromatic rings. The van der Waals surface area contributed by atoms with Crippen LogP contribution in [-0.2, 0) is 20.7 Å². The normalized spacial score (nSPS) is 28.8. The van der Waals surface area contributed by atoms with E-state index >= 15 is 0 Å². The van der Waals surface area contributed by atoms with Gasteiger partial charge in [-0.25, -0.2) is 0 Å². The van der Waals surface area contributed by atoms with E-state index < -0.39 is 59.6 Å². The summed E-state index contributed by atoms with van der Waals surface area (Å²) >= 11 is 0. The Labute approximate surface area is 212 Å². The van der Waals surface area contributed by atoms with Crippen molar-refractivity contribution in [2.45, 2.75) is 63.8 Å². The van der Waals surface area contributed by atoms with E-state index in [1.807, 2.05) is 0 Å². The minimum absolute atomic E-state index is 0.00330. The van der Waals surface area contributed by atoms with Crippen molar-refractivity contribution in [1.29, 1.82) is 0 Å². The van der Waals surface area contributed by atoms with Crippen molar-refractivity contribution in [3.05, 3.63) is 51.6 Å². The van der Waals surface area contributed by atoms with Crippen LogP contribution in [0, 0.1) is 5.92 Å². The maximum absolute atomic E-state index is 13.6. The number of phenols is 2. The van der Waals surface area contributed by atoms with Gasteiger partial charge in [-0.3, -0.25) is 14.4 Å². The quantitative estimate of drug-likeness (QED) is 0.380. The Hall–Kier alpha value is -3.31. The summed E-state index contributed by atoms with van der Waals surface area (Å²) in [6.07, 6.45) is -2.95. The molecule has 1 fully saturated rings. The molecule has 6 atom stereocenters. The molecule has 5 rings (SSSR count). The number of carbonyl (C=O) groups excluding carboxylic acids is 3. The lowest BCUT2D eigenvalue weighted by Gasteiger charge is -2.40. The number of fused-ring (bicyclic) bond motifs is 3. The van der Waals surface area contributed by atoms with Crippen LogP contribution in [-0.4, -0.2) is 64.3 Å². The third-order valence-corrected chi connectivity index (χ3v) is 7.67. The molecule has 1 aliphatic heterocycles. The molecule has 6 unspecified atom stereocenters. The maximum Gasteiger partial charge on any atom is 0.202 e. The Morgan fingerprint density at radius 3 is 2.43 bits per heavy atom. The molecule has 0 bridgehead atoms. The van der Waals surface area contributed by atoms with Gasteiger partial charge in [0.05, 0.1) is 42.1 Å². The number of hydrogen-bond donors (Lipinski definition) is 4. The average Bonchev–Trinajstić information content (AvgIpc) is 2.86. The van der Waals surface area contributed by atoms with E-state index in [0.717, 1.165) is 0 Å². The van der Waals surface area contributed by atoms with Gasteiger partial charge in [0.25, 0.3) is 0 Å². The smallest absolute Gasteiger partial charge is 0.202 e. The molecule has 3 aliphatic rings. The predicted octanol–water partition coefficient (Wildman–Crippen LogP) is 1.91. The summed E-state index contributed by atoms with van der Waals surface area (Å²) in [5, 5.41) is 32.9. The van der Waals surface area contributed by atoms with Crippen molar-refractivity contribution in [2.24, 2.45) is 11.7 Å². The monoisotopic (exact) mass is 511 g/mol. The first-order valence-corrected chi connectivity index (χ1v) is 12.2. The summed E-state index contributed by atoms with van der Waals surface area (Å²) in [5.74, 6) is -2.80. The molecule has 0 saturated carbocycles. The number of rotatable bonds is 4. The van der Waals surface area contributed by atoms with Gasteiger partial charge in [0.2, 0.25) is 5.78 Å². The second kappa shape index (κ2) is 9.21. The lowest BCUT2D eigenvalue weighted by atomic mass is 9.74. The third-order valence-electron chi connectivity index (χ3n) is 7.67. The van der Waals surface area contributed by atoms with Crippen LogP contribution < -0.4 is 10.5 Å². The lowest BCUT2D eigenvalue weighted by Crippen LogP contribution is -2.52. The van der Waals surface area contributed by atoms with Crippen molar-refractivity contribution < 1.29 is 43.9 Å². The molecule has 0 spiro atoms. The zero-order chi connectivity index (χ0) is 26.8. The number of methoxy groups -OCH3 is 1. The SMILES string of the molecule is COc1cccc2c1C(=O)c1c(O)c3c(c(O)c1C2=O)CC(C(C)=O)CC3OC1CC(N)C(O)C(C)O1. The highest BCUT2D eigenvalue weighted by atomic mass is 16.7. The summed E-state index contributed by atoms with van der Waals surface area (Å²) in [6.45, 7) is 3.08. The average molecular weight is 512 g/mol. The second-order valence-corrected chi connectivity index (χ2v) is 9.91.